The van der Waals surface area contributed by atoms with Gasteiger partial charge in [0.25, 0.3) is 0 Å². The van der Waals surface area contributed by atoms with E-state index >= 15 is 0 Å². The second-order valence-corrected chi connectivity index (χ2v) is 9.19. The predicted octanol–water partition coefficient (Wildman–Crippen LogP) is 7.37. The number of rotatable bonds is 9. The van der Waals surface area contributed by atoms with Crippen LogP contribution in [0.5, 0.6) is 5.75 Å². The Balaban J connectivity index is 1.35. The number of carbonyl (C=O) groups excluding carboxylic acids is 1. The van der Waals surface area contributed by atoms with Gasteiger partial charge in [-0.3, -0.25) is 14.8 Å². The van der Waals surface area contributed by atoms with Crippen LogP contribution in [0.25, 0.3) is 17.0 Å². The second kappa shape index (κ2) is 11.8. The molecule has 0 amide bonds. The molecule has 0 spiro atoms. The lowest BCUT2D eigenvalue weighted by molar-refractivity contribution is 0.104. The third kappa shape index (κ3) is 6.51. The zero-order valence-electron chi connectivity index (χ0n) is 19.7. The third-order valence-corrected chi connectivity index (χ3v) is 6.11. The fourth-order valence-corrected chi connectivity index (χ4v) is 4.04. The van der Waals surface area contributed by atoms with Crippen LogP contribution in [0.2, 0.25) is 10.0 Å². The Morgan fingerprint density at radius 3 is 2.64 bits per heavy atom. The summed E-state index contributed by atoms with van der Waals surface area (Å²) in [5.74, 6) is 0.0603. The molecular weight excluding hydrogens is 493 g/mol. The summed E-state index contributed by atoms with van der Waals surface area (Å²) < 4.78 is 0. The molecule has 1 aromatic heterocycles. The summed E-state index contributed by atoms with van der Waals surface area (Å²) in [6.45, 7) is 3.15. The van der Waals surface area contributed by atoms with E-state index in [0.29, 0.717) is 33.3 Å². The molecule has 0 saturated carbocycles. The van der Waals surface area contributed by atoms with Gasteiger partial charge < -0.3 is 10.4 Å². The van der Waals surface area contributed by atoms with Crippen molar-refractivity contribution in [1.29, 1.82) is 0 Å². The highest BCUT2D eigenvalue weighted by molar-refractivity contribution is 6.31. The van der Waals surface area contributed by atoms with Crippen molar-refractivity contribution in [3.05, 3.63) is 105 Å². The van der Waals surface area contributed by atoms with Gasteiger partial charge in [-0.05, 0) is 91.2 Å². The summed E-state index contributed by atoms with van der Waals surface area (Å²) in [6, 6.07) is 18.0. The van der Waals surface area contributed by atoms with E-state index in [9.17, 15) is 9.90 Å². The van der Waals surface area contributed by atoms with Gasteiger partial charge in [0.05, 0.1) is 5.52 Å². The van der Waals surface area contributed by atoms with Crippen LogP contribution in [0.4, 0.5) is 5.69 Å². The molecule has 1 heterocycles. The highest BCUT2D eigenvalue weighted by atomic mass is 35.5. The number of halogens is 2. The van der Waals surface area contributed by atoms with Gasteiger partial charge in [-0.25, -0.2) is 0 Å². The minimum absolute atomic E-state index is 0.120. The second-order valence-electron chi connectivity index (χ2n) is 8.32. The van der Waals surface area contributed by atoms with Crippen LogP contribution in [0, 0.1) is 6.92 Å². The van der Waals surface area contributed by atoms with Crippen molar-refractivity contribution in [2.75, 3.05) is 18.4 Å². The minimum Gasteiger partial charge on any atom is -0.507 e. The SMILES string of the molecule is Cc1cc(/C=C/C(=O)c2ccc(Cl)cc2)cc(C=NCCCNc2ccnc3cc(Cl)ccc23)c1O. The highest BCUT2D eigenvalue weighted by Gasteiger charge is 2.06. The number of hydrogen-bond donors (Lipinski definition) is 2. The first-order valence-electron chi connectivity index (χ1n) is 11.5. The van der Waals surface area contributed by atoms with Gasteiger partial charge in [-0.2, -0.15) is 0 Å². The van der Waals surface area contributed by atoms with E-state index in [1.165, 1.54) is 6.08 Å². The standard InChI is InChI=1S/C29H25Cl2N3O2/c1-19-15-20(3-10-28(35)21-4-6-23(30)7-5-21)16-22(29(19)36)18-32-12-2-13-33-26-11-14-34-27-17-24(31)8-9-25(26)27/h3-11,14-18,36H,2,12-13H2,1H3,(H,33,34)/b10-3+,32-18?. The molecule has 0 unspecified atom stereocenters. The number of carbonyl (C=O) groups is 1. The van der Waals surface area contributed by atoms with Crippen LogP contribution in [-0.4, -0.2) is 35.2 Å². The van der Waals surface area contributed by atoms with Crippen molar-refractivity contribution in [3.8, 4) is 5.75 Å². The van der Waals surface area contributed by atoms with Gasteiger partial charge in [0.15, 0.2) is 5.78 Å². The molecule has 0 atom stereocenters. The fraction of sp³-hybridized carbons (Fsp3) is 0.138. The molecule has 0 bridgehead atoms. The average molecular weight is 518 g/mol. The summed E-state index contributed by atoms with van der Waals surface area (Å²) in [6.07, 6.45) is 7.48. The van der Waals surface area contributed by atoms with E-state index in [2.05, 4.69) is 15.3 Å². The number of aryl methyl sites for hydroxylation is 1. The molecule has 5 nitrogen and oxygen atoms in total. The van der Waals surface area contributed by atoms with E-state index in [0.717, 1.165) is 35.1 Å². The van der Waals surface area contributed by atoms with Crippen molar-refractivity contribution in [3.63, 3.8) is 0 Å². The number of ketones is 1. The number of phenolic OH excluding ortho intramolecular Hbond substituents is 1. The summed E-state index contributed by atoms with van der Waals surface area (Å²) in [5.41, 5.74) is 4.54. The number of aromatic nitrogens is 1. The summed E-state index contributed by atoms with van der Waals surface area (Å²) in [4.78, 5) is 21.2. The van der Waals surface area contributed by atoms with Crippen molar-refractivity contribution >= 4 is 57.9 Å². The molecule has 4 rings (SSSR count). The summed E-state index contributed by atoms with van der Waals surface area (Å²) >= 11 is 11.9. The molecule has 0 fully saturated rings. The van der Waals surface area contributed by atoms with Crippen LogP contribution >= 0.6 is 23.2 Å². The Morgan fingerprint density at radius 2 is 1.83 bits per heavy atom. The Hall–Kier alpha value is -3.67. The third-order valence-electron chi connectivity index (χ3n) is 5.62. The van der Waals surface area contributed by atoms with Gasteiger partial charge in [0.1, 0.15) is 5.75 Å². The van der Waals surface area contributed by atoms with Gasteiger partial charge in [0.2, 0.25) is 0 Å². The van der Waals surface area contributed by atoms with Crippen LogP contribution < -0.4 is 5.32 Å². The lowest BCUT2D eigenvalue weighted by Crippen LogP contribution is -2.04. The average Bonchev–Trinajstić information content (AvgIpc) is 2.87. The van der Waals surface area contributed by atoms with Crippen LogP contribution in [0.15, 0.2) is 77.9 Å². The number of phenols is 1. The first-order valence-corrected chi connectivity index (χ1v) is 12.3. The lowest BCUT2D eigenvalue weighted by Gasteiger charge is -2.09. The van der Waals surface area contributed by atoms with Crippen LogP contribution in [0.1, 0.15) is 33.5 Å². The van der Waals surface area contributed by atoms with Crippen molar-refractivity contribution < 1.29 is 9.90 Å². The molecule has 4 aromatic rings. The minimum atomic E-state index is -0.120. The van der Waals surface area contributed by atoms with Gasteiger partial charge in [-0.1, -0.05) is 29.3 Å². The van der Waals surface area contributed by atoms with E-state index in [4.69, 9.17) is 23.2 Å². The topological polar surface area (TPSA) is 74.6 Å². The number of hydrogen-bond acceptors (Lipinski definition) is 5. The number of benzene rings is 3. The molecule has 3 aromatic carbocycles. The number of nitrogens with one attached hydrogen (secondary N) is 1. The van der Waals surface area contributed by atoms with Crippen molar-refractivity contribution in [2.45, 2.75) is 13.3 Å². The largest absolute Gasteiger partial charge is 0.507 e. The van der Waals surface area contributed by atoms with Gasteiger partial charge in [-0.15, -0.1) is 0 Å². The molecule has 36 heavy (non-hydrogen) atoms. The molecule has 0 radical (unpaired) electrons. The van der Waals surface area contributed by atoms with Crippen molar-refractivity contribution in [1.82, 2.24) is 4.98 Å². The van der Waals surface area contributed by atoms with Crippen LogP contribution in [-0.2, 0) is 0 Å². The number of nitrogens with zero attached hydrogens (tertiary/aromatic N) is 2. The van der Waals surface area contributed by atoms with Crippen LogP contribution in [0.3, 0.4) is 0 Å². The first-order chi connectivity index (χ1) is 17.4. The Kier molecular flexibility index (Phi) is 8.36. The zero-order valence-corrected chi connectivity index (χ0v) is 21.2. The maximum Gasteiger partial charge on any atom is 0.185 e. The molecule has 2 N–H and O–H groups in total. The molecular formula is C29H25Cl2N3O2. The molecule has 0 aliphatic carbocycles. The summed E-state index contributed by atoms with van der Waals surface area (Å²) in [5, 5.41) is 16.1. The molecule has 0 aliphatic heterocycles. The molecule has 0 aliphatic rings. The molecule has 182 valence electrons. The molecule has 7 heteroatoms. The highest BCUT2D eigenvalue weighted by Crippen LogP contribution is 2.25. The quantitative estimate of drug-likeness (QED) is 0.105. The molecule has 0 saturated heterocycles. The Labute approximate surface area is 220 Å². The number of aliphatic imine (C=N–C) groups is 1. The number of anilines is 1. The first kappa shape index (κ1) is 25.4. The lowest BCUT2D eigenvalue weighted by atomic mass is 10.0. The smallest absolute Gasteiger partial charge is 0.185 e. The van der Waals surface area contributed by atoms with E-state index in [1.807, 2.05) is 43.3 Å². The number of allylic oxidation sites excluding steroid dienone is 1. The van der Waals surface area contributed by atoms with Gasteiger partial charge in [0, 0.05) is 57.7 Å². The number of aromatic hydroxyl groups is 1. The van der Waals surface area contributed by atoms with E-state index in [1.54, 1.807) is 42.8 Å². The normalized spacial score (nSPS) is 11.5. The maximum absolute atomic E-state index is 12.4. The van der Waals surface area contributed by atoms with E-state index < -0.39 is 0 Å². The number of fused-ring (bicyclic) bond motifs is 1. The monoisotopic (exact) mass is 517 g/mol. The fourth-order valence-electron chi connectivity index (χ4n) is 3.74. The Bertz CT molecular complexity index is 1450. The predicted molar refractivity (Wildman–Crippen MR) is 150 cm³/mol. The maximum atomic E-state index is 12.4. The van der Waals surface area contributed by atoms with E-state index in [-0.39, 0.29) is 11.5 Å². The zero-order chi connectivity index (χ0) is 25.5. The number of pyridine rings is 1. The summed E-state index contributed by atoms with van der Waals surface area (Å²) in [7, 11) is 0. The Morgan fingerprint density at radius 1 is 1.06 bits per heavy atom. The van der Waals surface area contributed by atoms with Gasteiger partial charge >= 0.3 is 0 Å². The van der Waals surface area contributed by atoms with Crippen molar-refractivity contribution in [2.24, 2.45) is 4.99 Å².